The number of likely N-dealkylation sites (tertiary alicyclic amines) is 2. The van der Waals surface area contributed by atoms with E-state index < -0.39 is 41.6 Å². The largest absolute Gasteiger partial charge is 0.410 e. The first-order valence-corrected chi connectivity index (χ1v) is 32.7. The molecule has 0 radical (unpaired) electrons. The number of aliphatic hydroxyl groups excluding tert-OH is 2. The zero-order valence-corrected chi connectivity index (χ0v) is 47.5. The predicted molar refractivity (Wildman–Crippen MR) is 277 cm³/mol. The van der Waals surface area contributed by atoms with E-state index in [1.807, 2.05) is 45.9 Å². The van der Waals surface area contributed by atoms with Crippen molar-refractivity contribution in [2.45, 2.75) is 194 Å². The Morgan fingerprint density at radius 2 is 1.15 bits per heavy atom. The first kappa shape index (κ1) is 63.5. The summed E-state index contributed by atoms with van der Waals surface area (Å²) in [5.74, 6) is 0. The average Bonchev–Trinajstić information content (AvgIpc) is 3.27. The van der Waals surface area contributed by atoms with Crippen LogP contribution in [0.1, 0.15) is 126 Å². The van der Waals surface area contributed by atoms with Gasteiger partial charge in [0.25, 0.3) is 0 Å². The number of aliphatic hydroxyl groups is 2. The van der Waals surface area contributed by atoms with Gasteiger partial charge in [0.1, 0.15) is 37.1 Å². The van der Waals surface area contributed by atoms with E-state index in [4.69, 9.17) is 41.7 Å². The molecule has 1 unspecified atom stereocenters. The minimum absolute atomic E-state index is 0.0654. The molecule has 2 N–H and O–H groups in total. The first-order chi connectivity index (χ1) is 32.2. The third-order valence-corrected chi connectivity index (χ3v) is 20.9. The lowest BCUT2D eigenvalue weighted by atomic mass is 9.94. The van der Waals surface area contributed by atoms with E-state index in [0.717, 1.165) is 96.6 Å². The molecular formula is C50H98N2O13P2Si. The number of rotatable bonds is 33. The van der Waals surface area contributed by atoms with Gasteiger partial charge in [-0.1, -0.05) is 76.8 Å². The van der Waals surface area contributed by atoms with Crippen molar-refractivity contribution in [3.05, 3.63) is 35.9 Å². The summed E-state index contributed by atoms with van der Waals surface area (Å²) in [5.41, 5.74) is 1.12. The van der Waals surface area contributed by atoms with Crippen LogP contribution in [0, 0.1) is 0 Å². The van der Waals surface area contributed by atoms with Crippen molar-refractivity contribution in [2.24, 2.45) is 0 Å². The highest BCUT2D eigenvalue weighted by Crippen LogP contribution is 2.49. The second-order valence-electron chi connectivity index (χ2n) is 19.8. The number of β-amino-alcohol motifs (C(OH)–C–C–N with tert-alkyl or cyclic N) is 1. The molecule has 15 nitrogen and oxygen atoms in total. The van der Waals surface area contributed by atoms with E-state index in [1.54, 1.807) is 20.5 Å². The highest BCUT2D eigenvalue weighted by Gasteiger charge is 2.49. The molecule has 0 aliphatic carbocycles. The van der Waals surface area contributed by atoms with Crippen LogP contribution in [0.2, 0.25) is 18.1 Å². The molecule has 3 rings (SSSR count). The van der Waals surface area contributed by atoms with Crippen molar-refractivity contribution in [1.29, 1.82) is 0 Å². The zero-order chi connectivity index (χ0) is 50.8. The molecule has 18 heteroatoms. The van der Waals surface area contributed by atoms with Crippen LogP contribution < -0.4 is 0 Å². The van der Waals surface area contributed by atoms with Crippen molar-refractivity contribution in [2.75, 3.05) is 91.8 Å². The molecule has 9 atom stereocenters. The van der Waals surface area contributed by atoms with Crippen LogP contribution in [-0.2, 0) is 57.4 Å². The molecule has 2 heterocycles. The quantitative estimate of drug-likeness (QED) is 0.0388. The number of unbranched alkanes of at least 4 members (excludes halogenated alkanes) is 6. The predicted octanol–water partition coefficient (Wildman–Crippen LogP) is 10.2. The molecule has 0 aromatic heterocycles. The van der Waals surface area contributed by atoms with E-state index in [2.05, 4.69) is 62.7 Å². The van der Waals surface area contributed by atoms with Crippen LogP contribution in [0.3, 0.4) is 0 Å². The van der Waals surface area contributed by atoms with Gasteiger partial charge >= 0.3 is 7.60 Å². The Balaban J connectivity index is 0.000000498. The minimum atomic E-state index is -3.36. The second kappa shape index (κ2) is 33.2. The van der Waals surface area contributed by atoms with E-state index in [9.17, 15) is 19.3 Å². The van der Waals surface area contributed by atoms with Gasteiger partial charge in [-0.2, -0.15) is 0 Å². The van der Waals surface area contributed by atoms with Gasteiger partial charge in [-0.15, -0.1) is 0 Å². The van der Waals surface area contributed by atoms with Crippen molar-refractivity contribution in [1.82, 2.24) is 9.80 Å². The number of hydrogen-bond acceptors (Lipinski definition) is 15. The van der Waals surface area contributed by atoms with Gasteiger partial charge in [0, 0.05) is 58.3 Å². The number of piperidine rings is 2. The van der Waals surface area contributed by atoms with Crippen molar-refractivity contribution >= 4 is 23.3 Å². The molecule has 0 spiro atoms. The summed E-state index contributed by atoms with van der Waals surface area (Å²) in [6.07, 6.45) is 5.31. The van der Waals surface area contributed by atoms with Gasteiger partial charge in [0.05, 0.1) is 38.6 Å². The summed E-state index contributed by atoms with van der Waals surface area (Å²) in [5, 5.41) is 20.7. The van der Waals surface area contributed by atoms with Crippen molar-refractivity contribution in [3.63, 3.8) is 0 Å². The monoisotopic (exact) mass is 1020 g/mol. The lowest BCUT2D eigenvalue weighted by Gasteiger charge is -2.50. The Morgan fingerprint density at radius 1 is 0.647 bits per heavy atom. The SMILES string of the molecule is CCOCCCCCCN1C[C@H](O)[C@@H](O)[C@@H](OCP(=O)(OCC)OCC)[C@H]1C.CCOCCCCCCN1C[C@H](O[Si](C)(C)C(C)(C)C)[C@@H](OCc2ccccc2)[C@@H](OCP(C)(=O)OCC)[C@H]1C. The molecule has 2 aliphatic heterocycles. The first-order valence-electron chi connectivity index (χ1n) is 25.8. The lowest BCUT2D eigenvalue weighted by molar-refractivity contribution is -0.172. The van der Waals surface area contributed by atoms with Gasteiger partial charge in [-0.3, -0.25) is 18.9 Å². The second-order valence-corrected chi connectivity index (χ2v) is 29.1. The summed E-state index contributed by atoms with van der Waals surface area (Å²) >= 11 is 0. The standard InChI is InChI=1S/C31H58NO6PSi.C19H40NO7P/c1-10-34-22-18-13-12-17-21-32-23-28(38-40(8,9)31(4,5)6)30(35-24-27-19-15-14-16-20-27)29(26(32)3)36-25-39(7,33)37-11-2;1-5-24-13-11-9-8-10-12-20-14-17(21)18(22)19(16(20)4)25-15-28(23,26-6-2)27-7-3/h14-16,19-20,26,28-30H,10-13,17-18,21-25H2,1-9H3;16-19,21-22H,5-15H2,1-4H3/t26-,28+,29+,30-,39?;16-,17+,18-,19+/m11/s1. The molecule has 0 amide bonds. The molecule has 1 aromatic carbocycles. The third kappa shape index (κ3) is 23.1. The number of nitrogens with zero attached hydrogens (tertiary/aromatic N) is 2. The summed E-state index contributed by atoms with van der Waals surface area (Å²) in [6, 6.07) is 10.2. The Bertz CT molecular complexity index is 1540. The van der Waals surface area contributed by atoms with Crippen LogP contribution in [0.4, 0.5) is 0 Å². The summed E-state index contributed by atoms with van der Waals surface area (Å²) in [4.78, 5) is 4.62. The maximum Gasteiger partial charge on any atom is 0.356 e. The fraction of sp³-hybridized carbons (Fsp3) is 0.880. The Morgan fingerprint density at radius 3 is 1.66 bits per heavy atom. The molecule has 2 fully saturated rings. The van der Waals surface area contributed by atoms with E-state index in [-0.39, 0.29) is 61.3 Å². The van der Waals surface area contributed by atoms with E-state index in [1.165, 1.54) is 6.42 Å². The van der Waals surface area contributed by atoms with Crippen LogP contribution in [-0.4, -0.2) is 169 Å². The van der Waals surface area contributed by atoms with Crippen molar-refractivity contribution in [3.8, 4) is 0 Å². The van der Waals surface area contributed by atoms with Crippen LogP contribution in [0.15, 0.2) is 30.3 Å². The van der Waals surface area contributed by atoms with E-state index >= 15 is 0 Å². The maximum absolute atomic E-state index is 13.1. The molecule has 1 aromatic rings. The molecule has 2 aliphatic rings. The van der Waals surface area contributed by atoms with Gasteiger partial charge in [-0.25, -0.2) is 0 Å². The number of ether oxygens (including phenoxy) is 5. The van der Waals surface area contributed by atoms with E-state index in [0.29, 0.717) is 19.8 Å². The molecule has 0 saturated carbocycles. The minimum Gasteiger partial charge on any atom is -0.410 e. The van der Waals surface area contributed by atoms with Crippen LogP contribution >= 0.6 is 15.0 Å². The average molecular weight is 1030 g/mol. The Kier molecular flexibility index (Phi) is 31.0. The molecule has 2 saturated heterocycles. The van der Waals surface area contributed by atoms with Crippen LogP contribution in [0.25, 0.3) is 0 Å². The smallest absolute Gasteiger partial charge is 0.356 e. The fourth-order valence-corrected chi connectivity index (χ4v) is 12.1. The number of hydrogen-bond donors (Lipinski definition) is 2. The van der Waals surface area contributed by atoms with Gasteiger partial charge < -0.3 is 51.9 Å². The summed E-state index contributed by atoms with van der Waals surface area (Å²) in [6.45, 7) is 34.2. The van der Waals surface area contributed by atoms with Gasteiger partial charge in [-0.05, 0) is 111 Å². The van der Waals surface area contributed by atoms with Crippen LogP contribution in [0.5, 0.6) is 0 Å². The Labute approximate surface area is 414 Å². The summed E-state index contributed by atoms with van der Waals surface area (Å²) < 4.78 is 78.6. The zero-order valence-electron chi connectivity index (χ0n) is 44.7. The number of benzene rings is 1. The normalized spacial score (nSPS) is 25.2. The fourth-order valence-electron chi connectivity index (χ4n) is 8.36. The Hall–Kier alpha value is -0.623. The molecule has 0 bridgehead atoms. The highest BCUT2D eigenvalue weighted by molar-refractivity contribution is 7.57. The third-order valence-electron chi connectivity index (χ3n) is 13.3. The summed E-state index contributed by atoms with van der Waals surface area (Å²) in [7, 11) is -8.35. The topological polar surface area (TPSA) is 164 Å². The highest BCUT2D eigenvalue weighted by atomic mass is 31.2. The maximum atomic E-state index is 13.1. The molecular weight excluding hydrogens is 927 g/mol. The van der Waals surface area contributed by atoms with Crippen molar-refractivity contribution < 1.29 is 61.0 Å². The van der Waals surface area contributed by atoms with Gasteiger partial charge in [0.15, 0.2) is 8.32 Å². The molecule has 68 heavy (non-hydrogen) atoms. The van der Waals surface area contributed by atoms with Gasteiger partial charge in [0.2, 0.25) is 7.37 Å². The lowest BCUT2D eigenvalue weighted by Crippen LogP contribution is -2.64. The molecule has 400 valence electrons.